The van der Waals surface area contributed by atoms with E-state index in [4.69, 9.17) is 0 Å². The minimum Gasteiger partial charge on any atom is -0.341 e. The first-order chi connectivity index (χ1) is 14.3. The molecule has 4 rings (SSSR count). The van der Waals surface area contributed by atoms with Crippen molar-refractivity contribution in [2.24, 2.45) is 11.8 Å². The smallest absolute Gasteiger partial charge is 0.341 e. The second-order valence-electron chi connectivity index (χ2n) is 7.89. The average Bonchev–Trinajstić information content (AvgIpc) is 3.16. The highest BCUT2D eigenvalue weighted by molar-refractivity contribution is 5.62. The molecule has 30 heavy (non-hydrogen) atoms. The van der Waals surface area contributed by atoms with Crippen molar-refractivity contribution in [2.75, 3.05) is 18.0 Å². The van der Waals surface area contributed by atoms with Gasteiger partial charge in [-0.3, -0.25) is 4.40 Å². The van der Waals surface area contributed by atoms with Crippen molar-refractivity contribution in [3.8, 4) is 11.4 Å². The number of hydrogen-bond acceptors (Lipinski definition) is 4. The number of anilines is 1. The number of piperidine rings is 1. The predicted octanol–water partition coefficient (Wildman–Crippen LogP) is 5.21. The van der Waals surface area contributed by atoms with Gasteiger partial charge in [0.25, 0.3) is 0 Å². The largest absolute Gasteiger partial charge is 0.417 e. The van der Waals surface area contributed by atoms with Crippen molar-refractivity contribution < 1.29 is 17.6 Å². The third-order valence-electron chi connectivity index (χ3n) is 6.00. The number of nitrogens with zero attached hydrogens (tertiary/aromatic N) is 5. The predicted molar refractivity (Wildman–Crippen MR) is 106 cm³/mol. The number of aromatic nitrogens is 4. The third kappa shape index (κ3) is 3.85. The molecule has 0 radical (unpaired) electrons. The normalized spacial score (nSPS) is 18.7. The number of alkyl halides is 3. The molecular formula is C21H23F4N5. The molecule has 4 heterocycles. The second-order valence-corrected chi connectivity index (χ2v) is 7.89. The van der Waals surface area contributed by atoms with E-state index in [9.17, 15) is 17.6 Å². The van der Waals surface area contributed by atoms with Crippen LogP contribution in [0.3, 0.4) is 0 Å². The number of rotatable bonds is 4. The van der Waals surface area contributed by atoms with E-state index in [-0.39, 0.29) is 17.0 Å². The summed E-state index contributed by atoms with van der Waals surface area (Å²) in [4.78, 5) is 14.7. The fraction of sp³-hybridized carbons (Fsp3) is 0.476. The van der Waals surface area contributed by atoms with Gasteiger partial charge in [0.15, 0.2) is 5.82 Å². The second kappa shape index (κ2) is 7.85. The SMILES string of the molecule is CCC(C)[C@@H]1CCCN(c2ncc(F)c(-c3cnc4ccc(C(F)(F)F)cn34)n2)C1. The van der Waals surface area contributed by atoms with Crippen molar-refractivity contribution in [2.45, 2.75) is 39.3 Å². The van der Waals surface area contributed by atoms with Crippen molar-refractivity contribution in [3.05, 3.63) is 42.1 Å². The number of hydrogen-bond donors (Lipinski definition) is 0. The molecule has 0 aliphatic carbocycles. The van der Waals surface area contributed by atoms with Gasteiger partial charge in [-0.25, -0.2) is 19.3 Å². The minimum absolute atomic E-state index is 0.0579. The Morgan fingerprint density at radius 1 is 1.20 bits per heavy atom. The zero-order chi connectivity index (χ0) is 21.5. The molecule has 1 aliphatic heterocycles. The van der Waals surface area contributed by atoms with Crippen molar-refractivity contribution in [3.63, 3.8) is 0 Å². The van der Waals surface area contributed by atoms with Gasteiger partial charge in [-0.1, -0.05) is 20.3 Å². The van der Waals surface area contributed by atoms with Crippen molar-refractivity contribution in [1.82, 2.24) is 19.4 Å². The van der Waals surface area contributed by atoms with E-state index in [1.54, 1.807) is 0 Å². The van der Waals surface area contributed by atoms with Gasteiger partial charge in [-0.15, -0.1) is 0 Å². The van der Waals surface area contributed by atoms with E-state index >= 15 is 0 Å². The van der Waals surface area contributed by atoms with Crippen LogP contribution in [0.2, 0.25) is 0 Å². The summed E-state index contributed by atoms with van der Waals surface area (Å²) in [5.74, 6) is 0.757. The molecule has 1 aliphatic rings. The fourth-order valence-electron chi connectivity index (χ4n) is 4.00. The summed E-state index contributed by atoms with van der Waals surface area (Å²) >= 11 is 0. The minimum atomic E-state index is -4.51. The molecule has 3 aromatic heterocycles. The Hall–Kier alpha value is -2.71. The Labute approximate surface area is 171 Å². The zero-order valence-corrected chi connectivity index (χ0v) is 16.8. The lowest BCUT2D eigenvalue weighted by Crippen LogP contribution is -2.38. The number of halogens is 4. The van der Waals surface area contributed by atoms with Crippen LogP contribution in [-0.4, -0.2) is 32.4 Å². The Balaban J connectivity index is 1.72. The fourth-order valence-corrected chi connectivity index (χ4v) is 4.00. The van der Waals surface area contributed by atoms with Crippen molar-refractivity contribution in [1.29, 1.82) is 0 Å². The summed E-state index contributed by atoms with van der Waals surface area (Å²) in [6.45, 7) is 5.94. The number of fused-ring (bicyclic) bond motifs is 1. The molecule has 2 atom stereocenters. The molecule has 3 aromatic rings. The van der Waals surface area contributed by atoms with Crippen LogP contribution >= 0.6 is 0 Å². The first-order valence-corrected chi connectivity index (χ1v) is 10.1. The standard InChI is InChI=1S/C21H23F4N5/c1-3-13(2)14-5-4-8-29(11-14)20-27-9-16(22)19(28-20)17-10-26-18-7-6-15(12-30(17)18)21(23,24)25/h6-7,9-10,12-14H,3-5,8,11H2,1-2H3/t13?,14-/m1/s1. The Morgan fingerprint density at radius 3 is 2.73 bits per heavy atom. The Bertz CT molecular complexity index is 1050. The first kappa shape index (κ1) is 20.6. The van der Waals surface area contributed by atoms with Crippen LogP contribution in [-0.2, 0) is 6.18 Å². The van der Waals surface area contributed by atoms with Gasteiger partial charge < -0.3 is 4.90 Å². The van der Waals surface area contributed by atoms with E-state index in [1.165, 1.54) is 16.7 Å². The lowest BCUT2D eigenvalue weighted by molar-refractivity contribution is -0.137. The number of pyridine rings is 1. The molecule has 1 unspecified atom stereocenters. The van der Waals surface area contributed by atoms with Crippen LogP contribution in [0.25, 0.3) is 17.0 Å². The third-order valence-corrected chi connectivity index (χ3v) is 6.00. The van der Waals surface area contributed by atoms with Gasteiger partial charge in [-0.05, 0) is 36.8 Å². The Morgan fingerprint density at radius 2 is 2.00 bits per heavy atom. The summed E-state index contributed by atoms with van der Waals surface area (Å²) in [5, 5.41) is 0. The van der Waals surface area contributed by atoms with Gasteiger partial charge in [0.05, 0.1) is 23.7 Å². The lowest BCUT2D eigenvalue weighted by atomic mass is 9.85. The molecule has 0 amide bonds. The van der Waals surface area contributed by atoms with E-state index in [0.717, 1.165) is 50.8 Å². The zero-order valence-electron chi connectivity index (χ0n) is 16.8. The van der Waals surface area contributed by atoms with Crippen LogP contribution in [0.5, 0.6) is 0 Å². The van der Waals surface area contributed by atoms with Gasteiger partial charge in [0, 0.05) is 19.3 Å². The summed E-state index contributed by atoms with van der Waals surface area (Å²) < 4.78 is 55.2. The van der Waals surface area contributed by atoms with E-state index < -0.39 is 17.6 Å². The van der Waals surface area contributed by atoms with Crippen LogP contribution in [0.15, 0.2) is 30.7 Å². The van der Waals surface area contributed by atoms with Crippen LogP contribution in [0.1, 0.15) is 38.7 Å². The molecule has 1 fully saturated rings. The molecule has 0 N–H and O–H groups in total. The summed E-state index contributed by atoms with van der Waals surface area (Å²) in [6, 6.07) is 2.21. The molecule has 9 heteroatoms. The summed E-state index contributed by atoms with van der Waals surface area (Å²) in [6.07, 6.45) is 2.03. The Kier molecular flexibility index (Phi) is 5.38. The van der Waals surface area contributed by atoms with E-state index in [0.29, 0.717) is 17.8 Å². The van der Waals surface area contributed by atoms with E-state index in [2.05, 4.69) is 28.8 Å². The molecule has 0 saturated carbocycles. The monoisotopic (exact) mass is 421 g/mol. The van der Waals surface area contributed by atoms with Gasteiger partial charge in [-0.2, -0.15) is 13.2 Å². The number of imidazole rings is 1. The van der Waals surface area contributed by atoms with Gasteiger partial charge >= 0.3 is 6.18 Å². The van der Waals surface area contributed by atoms with Crippen LogP contribution < -0.4 is 4.90 Å². The highest BCUT2D eigenvalue weighted by atomic mass is 19.4. The molecule has 5 nitrogen and oxygen atoms in total. The summed E-state index contributed by atoms with van der Waals surface area (Å²) in [7, 11) is 0. The van der Waals surface area contributed by atoms with Crippen molar-refractivity contribution >= 4 is 11.6 Å². The molecule has 1 saturated heterocycles. The maximum Gasteiger partial charge on any atom is 0.417 e. The molecule has 160 valence electrons. The topological polar surface area (TPSA) is 46.3 Å². The molecule has 0 spiro atoms. The van der Waals surface area contributed by atoms with Crippen LogP contribution in [0, 0.1) is 17.7 Å². The van der Waals surface area contributed by atoms with E-state index in [1.807, 2.05) is 4.90 Å². The average molecular weight is 421 g/mol. The quantitative estimate of drug-likeness (QED) is 0.543. The molecule has 0 aromatic carbocycles. The molecular weight excluding hydrogens is 398 g/mol. The lowest BCUT2D eigenvalue weighted by Gasteiger charge is -2.35. The van der Waals surface area contributed by atoms with Crippen LogP contribution in [0.4, 0.5) is 23.5 Å². The van der Waals surface area contributed by atoms with Gasteiger partial charge in [0.1, 0.15) is 11.3 Å². The first-order valence-electron chi connectivity index (χ1n) is 10.1. The highest BCUT2D eigenvalue weighted by Gasteiger charge is 2.31. The molecule has 0 bridgehead atoms. The maximum absolute atomic E-state index is 14.6. The highest BCUT2D eigenvalue weighted by Crippen LogP contribution is 2.32. The maximum atomic E-state index is 14.6. The van der Waals surface area contributed by atoms with Gasteiger partial charge in [0.2, 0.25) is 5.95 Å². The summed E-state index contributed by atoms with van der Waals surface area (Å²) in [5.41, 5.74) is -0.450.